The number of rotatable bonds is 6. The van der Waals surface area contributed by atoms with Gasteiger partial charge in [0, 0.05) is 6.42 Å². The summed E-state index contributed by atoms with van der Waals surface area (Å²) in [6.07, 6.45) is 2.53. The van der Waals surface area contributed by atoms with E-state index in [4.69, 9.17) is 4.52 Å². The second-order valence-corrected chi connectivity index (χ2v) is 6.70. The van der Waals surface area contributed by atoms with E-state index in [-0.39, 0.29) is 0 Å². The van der Waals surface area contributed by atoms with Gasteiger partial charge in [0.25, 0.3) is 0 Å². The van der Waals surface area contributed by atoms with Crippen LogP contribution in [0.5, 0.6) is 0 Å². The Bertz CT molecular complexity index is 780. The summed E-state index contributed by atoms with van der Waals surface area (Å²) in [7, 11) is 0. The zero-order valence-corrected chi connectivity index (χ0v) is 14.2. The van der Waals surface area contributed by atoms with Crippen molar-refractivity contribution in [2.45, 2.75) is 38.1 Å². The maximum atomic E-state index is 5.26. The minimum atomic E-state index is 0.500. The first-order valence-corrected chi connectivity index (χ1v) is 8.52. The standard InChI is InChI=1S/C16H19N5OS/c1-11(2)8-15-18-14(20-22-15)9-23-16-19-17-10-21(16)13-7-5-4-6-12(13)3/h4-7,10-11H,8-9H2,1-3H3. The molecule has 0 spiro atoms. The van der Waals surface area contributed by atoms with Crippen LogP contribution in [0.2, 0.25) is 0 Å². The zero-order valence-electron chi connectivity index (χ0n) is 13.4. The predicted molar refractivity (Wildman–Crippen MR) is 88.5 cm³/mol. The van der Waals surface area contributed by atoms with E-state index < -0.39 is 0 Å². The van der Waals surface area contributed by atoms with Crippen molar-refractivity contribution >= 4 is 11.8 Å². The number of aryl methyl sites for hydroxylation is 1. The number of hydrogen-bond donors (Lipinski definition) is 0. The summed E-state index contributed by atoms with van der Waals surface area (Å²) >= 11 is 1.55. The summed E-state index contributed by atoms with van der Waals surface area (Å²) in [5.74, 6) is 2.48. The van der Waals surface area contributed by atoms with Gasteiger partial charge in [-0.15, -0.1) is 10.2 Å². The highest BCUT2D eigenvalue weighted by Crippen LogP contribution is 2.24. The van der Waals surface area contributed by atoms with Crippen molar-refractivity contribution in [2.24, 2.45) is 5.92 Å². The summed E-state index contributed by atoms with van der Waals surface area (Å²) in [5, 5.41) is 13.1. The molecule has 0 unspecified atom stereocenters. The Labute approximate surface area is 139 Å². The van der Waals surface area contributed by atoms with E-state index in [1.165, 1.54) is 5.56 Å². The van der Waals surface area contributed by atoms with Gasteiger partial charge in [-0.05, 0) is 24.5 Å². The van der Waals surface area contributed by atoms with Crippen LogP contribution in [0.15, 0.2) is 40.3 Å². The molecular formula is C16H19N5OS. The first-order chi connectivity index (χ1) is 11.1. The number of para-hydroxylation sites is 1. The molecule has 3 aromatic rings. The van der Waals surface area contributed by atoms with Gasteiger partial charge in [0.2, 0.25) is 5.89 Å². The molecule has 23 heavy (non-hydrogen) atoms. The van der Waals surface area contributed by atoms with E-state index in [1.807, 2.05) is 16.7 Å². The maximum absolute atomic E-state index is 5.26. The minimum Gasteiger partial charge on any atom is -0.339 e. The summed E-state index contributed by atoms with van der Waals surface area (Å²) in [6.45, 7) is 6.33. The van der Waals surface area contributed by atoms with E-state index in [1.54, 1.807) is 18.1 Å². The summed E-state index contributed by atoms with van der Waals surface area (Å²) in [4.78, 5) is 4.41. The second-order valence-electron chi connectivity index (χ2n) is 5.76. The maximum Gasteiger partial charge on any atom is 0.226 e. The van der Waals surface area contributed by atoms with Crippen molar-refractivity contribution < 1.29 is 4.52 Å². The molecule has 7 heteroatoms. The van der Waals surface area contributed by atoms with Gasteiger partial charge in [0.1, 0.15) is 6.33 Å². The van der Waals surface area contributed by atoms with Crippen molar-refractivity contribution in [3.05, 3.63) is 47.9 Å². The Morgan fingerprint density at radius 1 is 1.26 bits per heavy atom. The average molecular weight is 329 g/mol. The first kappa shape index (κ1) is 15.7. The van der Waals surface area contributed by atoms with Crippen LogP contribution in [0.25, 0.3) is 5.69 Å². The van der Waals surface area contributed by atoms with Crippen molar-refractivity contribution in [1.82, 2.24) is 24.9 Å². The largest absolute Gasteiger partial charge is 0.339 e. The molecule has 0 fully saturated rings. The molecule has 120 valence electrons. The van der Waals surface area contributed by atoms with Crippen LogP contribution in [0.4, 0.5) is 0 Å². The lowest BCUT2D eigenvalue weighted by Gasteiger charge is -2.08. The van der Waals surface area contributed by atoms with Crippen molar-refractivity contribution in [3.63, 3.8) is 0 Å². The molecule has 0 aliphatic rings. The molecule has 0 atom stereocenters. The lowest BCUT2D eigenvalue weighted by molar-refractivity contribution is 0.360. The first-order valence-electron chi connectivity index (χ1n) is 7.53. The zero-order chi connectivity index (χ0) is 16.2. The van der Waals surface area contributed by atoms with E-state index in [0.717, 1.165) is 17.3 Å². The Kier molecular flexibility index (Phi) is 4.76. The van der Waals surface area contributed by atoms with Crippen LogP contribution in [0.1, 0.15) is 31.1 Å². The molecule has 2 heterocycles. The Balaban J connectivity index is 1.71. The fraction of sp³-hybridized carbons (Fsp3) is 0.375. The fourth-order valence-corrected chi connectivity index (χ4v) is 3.00. The van der Waals surface area contributed by atoms with Crippen LogP contribution < -0.4 is 0 Å². The van der Waals surface area contributed by atoms with Gasteiger partial charge in [0.05, 0.1) is 11.4 Å². The molecule has 6 nitrogen and oxygen atoms in total. The van der Waals surface area contributed by atoms with Crippen LogP contribution in [0.3, 0.4) is 0 Å². The molecular weight excluding hydrogens is 310 g/mol. The third-order valence-corrected chi connectivity index (χ3v) is 4.25. The van der Waals surface area contributed by atoms with Crippen molar-refractivity contribution in [3.8, 4) is 5.69 Å². The monoisotopic (exact) mass is 329 g/mol. The van der Waals surface area contributed by atoms with Crippen LogP contribution in [-0.4, -0.2) is 24.9 Å². The molecule has 0 amide bonds. The van der Waals surface area contributed by atoms with Crippen LogP contribution in [0, 0.1) is 12.8 Å². The number of nitrogens with zero attached hydrogens (tertiary/aromatic N) is 5. The summed E-state index contributed by atoms with van der Waals surface area (Å²) < 4.78 is 7.24. The molecule has 0 saturated carbocycles. The molecule has 0 radical (unpaired) electrons. The Morgan fingerprint density at radius 3 is 2.87 bits per heavy atom. The van der Waals surface area contributed by atoms with Crippen LogP contribution in [-0.2, 0) is 12.2 Å². The van der Waals surface area contributed by atoms with E-state index in [9.17, 15) is 0 Å². The summed E-state index contributed by atoms with van der Waals surface area (Å²) in [5.41, 5.74) is 2.25. The molecule has 0 aliphatic heterocycles. The minimum absolute atomic E-state index is 0.500. The third kappa shape index (κ3) is 3.79. The average Bonchev–Trinajstić information content (AvgIpc) is 3.14. The quantitative estimate of drug-likeness (QED) is 0.645. The topological polar surface area (TPSA) is 69.6 Å². The molecule has 2 aromatic heterocycles. The number of benzene rings is 1. The molecule has 0 aliphatic carbocycles. The smallest absolute Gasteiger partial charge is 0.226 e. The predicted octanol–water partition coefficient (Wildman–Crippen LogP) is 3.45. The third-order valence-electron chi connectivity index (χ3n) is 3.31. The molecule has 0 saturated heterocycles. The normalized spacial score (nSPS) is 11.3. The van der Waals surface area contributed by atoms with Gasteiger partial charge in [0.15, 0.2) is 11.0 Å². The van der Waals surface area contributed by atoms with Crippen molar-refractivity contribution in [1.29, 1.82) is 0 Å². The molecule has 0 bridgehead atoms. The van der Waals surface area contributed by atoms with Gasteiger partial charge in [-0.25, -0.2) is 0 Å². The Morgan fingerprint density at radius 2 is 2.09 bits per heavy atom. The number of hydrogen-bond acceptors (Lipinski definition) is 6. The lowest BCUT2D eigenvalue weighted by atomic mass is 10.1. The molecule has 0 N–H and O–H groups in total. The highest BCUT2D eigenvalue weighted by molar-refractivity contribution is 7.98. The Hall–Kier alpha value is -2.15. The van der Waals surface area contributed by atoms with Gasteiger partial charge in [-0.2, -0.15) is 4.98 Å². The van der Waals surface area contributed by atoms with Gasteiger partial charge in [-0.3, -0.25) is 4.57 Å². The van der Waals surface area contributed by atoms with Crippen LogP contribution >= 0.6 is 11.8 Å². The van der Waals surface area contributed by atoms with E-state index >= 15 is 0 Å². The van der Waals surface area contributed by atoms with Gasteiger partial charge >= 0.3 is 0 Å². The summed E-state index contributed by atoms with van der Waals surface area (Å²) in [6, 6.07) is 8.15. The fourth-order valence-electron chi connectivity index (χ4n) is 2.23. The SMILES string of the molecule is Cc1ccccc1-n1cnnc1SCc1noc(CC(C)C)n1. The number of thioether (sulfide) groups is 1. The lowest BCUT2D eigenvalue weighted by Crippen LogP contribution is -1.98. The highest BCUT2D eigenvalue weighted by atomic mass is 32.2. The van der Waals surface area contributed by atoms with Gasteiger partial charge in [-0.1, -0.05) is 49.0 Å². The van der Waals surface area contributed by atoms with Crippen molar-refractivity contribution in [2.75, 3.05) is 0 Å². The number of aromatic nitrogens is 5. The molecule has 1 aromatic carbocycles. The van der Waals surface area contributed by atoms with E-state index in [0.29, 0.717) is 23.4 Å². The highest BCUT2D eigenvalue weighted by Gasteiger charge is 2.12. The second kappa shape index (κ2) is 6.95. The van der Waals surface area contributed by atoms with E-state index in [2.05, 4.69) is 53.2 Å². The molecule has 3 rings (SSSR count). The van der Waals surface area contributed by atoms with Gasteiger partial charge < -0.3 is 4.52 Å².